The molecule has 1 fully saturated rings. The first kappa shape index (κ1) is 13.4. The Morgan fingerprint density at radius 3 is 2.28 bits per heavy atom. The fraction of sp³-hybridized carbons (Fsp3) is 0.538. The average Bonchev–Trinajstić information content (AvgIpc) is 2.35. The van der Waals surface area contributed by atoms with Crippen molar-refractivity contribution in [3.8, 4) is 0 Å². The smallest absolute Gasteiger partial charge is 0.194 e. The highest BCUT2D eigenvalue weighted by Gasteiger charge is 2.16. The maximum Gasteiger partial charge on any atom is 0.194 e. The topological polar surface area (TPSA) is 15.3 Å². The number of piperidine rings is 1. The molecular formula is C13H17F3N2. The van der Waals surface area contributed by atoms with E-state index in [0.29, 0.717) is 18.2 Å². The maximum atomic E-state index is 13.0. The number of halogens is 3. The van der Waals surface area contributed by atoms with Crippen LogP contribution >= 0.6 is 0 Å². The number of hydrogen-bond acceptors (Lipinski definition) is 2. The number of nitrogens with zero attached hydrogens (tertiary/aromatic N) is 1. The summed E-state index contributed by atoms with van der Waals surface area (Å²) in [5.41, 5.74) is 0.435. The molecule has 1 aromatic carbocycles. The molecule has 1 aromatic rings. The minimum Gasteiger partial charge on any atom is -0.310 e. The normalized spacial score (nSPS) is 18.2. The summed E-state index contributed by atoms with van der Waals surface area (Å²) in [6.45, 7) is 2.40. The van der Waals surface area contributed by atoms with Gasteiger partial charge in [-0.1, -0.05) is 0 Å². The first-order valence-electron chi connectivity index (χ1n) is 6.11. The number of hydrogen-bond donors (Lipinski definition) is 1. The van der Waals surface area contributed by atoms with E-state index in [4.69, 9.17) is 0 Å². The lowest BCUT2D eigenvalue weighted by molar-refractivity contribution is 0.234. The number of benzene rings is 1. The summed E-state index contributed by atoms with van der Waals surface area (Å²) in [4.78, 5) is 2.25. The van der Waals surface area contributed by atoms with Gasteiger partial charge in [0.05, 0.1) is 0 Å². The third kappa shape index (κ3) is 3.23. The molecule has 100 valence electrons. The van der Waals surface area contributed by atoms with Crippen molar-refractivity contribution >= 4 is 0 Å². The molecule has 0 saturated carbocycles. The molecule has 0 amide bonds. The van der Waals surface area contributed by atoms with Gasteiger partial charge in [0.25, 0.3) is 0 Å². The lowest BCUT2D eigenvalue weighted by Gasteiger charge is -2.29. The molecule has 0 aromatic heterocycles. The van der Waals surface area contributed by atoms with Crippen molar-refractivity contribution in [2.75, 3.05) is 20.1 Å². The standard InChI is InChI=1S/C13H17F3N2/c1-18-4-2-10(3-5-18)17-8-9-6-11(14)13(16)12(15)7-9/h6-7,10,17H,2-5,8H2,1H3. The Kier molecular flexibility index (Phi) is 4.24. The summed E-state index contributed by atoms with van der Waals surface area (Å²) in [5.74, 6) is -3.66. The highest BCUT2D eigenvalue weighted by atomic mass is 19.2. The Labute approximate surface area is 105 Å². The Bertz CT molecular complexity index is 392. The third-order valence-corrected chi connectivity index (χ3v) is 3.36. The predicted octanol–water partition coefficient (Wildman–Crippen LogP) is 2.29. The van der Waals surface area contributed by atoms with Crippen molar-refractivity contribution in [2.24, 2.45) is 0 Å². The van der Waals surface area contributed by atoms with Crippen LogP contribution in [0.5, 0.6) is 0 Å². The second-order valence-corrected chi connectivity index (χ2v) is 4.83. The minimum absolute atomic E-state index is 0.359. The first-order valence-corrected chi connectivity index (χ1v) is 6.11. The second-order valence-electron chi connectivity index (χ2n) is 4.83. The molecule has 0 aliphatic carbocycles. The van der Waals surface area contributed by atoms with E-state index in [1.165, 1.54) is 0 Å². The third-order valence-electron chi connectivity index (χ3n) is 3.36. The van der Waals surface area contributed by atoms with Crippen molar-refractivity contribution in [2.45, 2.75) is 25.4 Å². The largest absolute Gasteiger partial charge is 0.310 e. The van der Waals surface area contributed by atoms with E-state index in [2.05, 4.69) is 17.3 Å². The molecule has 1 aliphatic rings. The molecule has 2 rings (SSSR count). The van der Waals surface area contributed by atoms with E-state index in [1.54, 1.807) is 0 Å². The van der Waals surface area contributed by atoms with Crippen LogP contribution in [-0.2, 0) is 6.54 Å². The van der Waals surface area contributed by atoms with Crippen LogP contribution in [0.2, 0.25) is 0 Å². The van der Waals surface area contributed by atoms with Gasteiger partial charge in [0, 0.05) is 12.6 Å². The Morgan fingerprint density at radius 2 is 1.72 bits per heavy atom. The number of likely N-dealkylation sites (tertiary alicyclic amines) is 1. The van der Waals surface area contributed by atoms with E-state index < -0.39 is 17.5 Å². The Morgan fingerprint density at radius 1 is 1.17 bits per heavy atom. The van der Waals surface area contributed by atoms with Crippen LogP contribution < -0.4 is 5.32 Å². The van der Waals surface area contributed by atoms with Gasteiger partial charge in [0.1, 0.15) is 0 Å². The van der Waals surface area contributed by atoms with Gasteiger partial charge >= 0.3 is 0 Å². The van der Waals surface area contributed by atoms with Crippen molar-refractivity contribution in [3.05, 3.63) is 35.1 Å². The van der Waals surface area contributed by atoms with E-state index in [0.717, 1.165) is 38.1 Å². The zero-order valence-corrected chi connectivity index (χ0v) is 10.3. The second kappa shape index (κ2) is 5.71. The van der Waals surface area contributed by atoms with Gasteiger partial charge in [-0.05, 0) is 50.7 Å². The Balaban J connectivity index is 1.90. The molecule has 18 heavy (non-hydrogen) atoms. The molecule has 1 saturated heterocycles. The quantitative estimate of drug-likeness (QED) is 0.837. The van der Waals surface area contributed by atoms with Gasteiger partial charge in [-0.3, -0.25) is 0 Å². The molecule has 0 spiro atoms. The van der Waals surface area contributed by atoms with Crippen LogP contribution in [0.4, 0.5) is 13.2 Å². The molecule has 0 unspecified atom stereocenters. The molecule has 2 nitrogen and oxygen atoms in total. The average molecular weight is 258 g/mol. The van der Waals surface area contributed by atoms with Crippen LogP contribution in [0, 0.1) is 17.5 Å². The molecule has 1 N–H and O–H groups in total. The summed E-state index contributed by atoms with van der Waals surface area (Å²) >= 11 is 0. The first-order chi connectivity index (χ1) is 8.56. The molecular weight excluding hydrogens is 241 g/mol. The number of nitrogens with one attached hydrogen (secondary N) is 1. The summed E-state index contributed by atoms with van der Waals surface area (Å²) in [5, 5.41) is 3.25. The van der Waals surface area contributed by atoms with E-state index in [9.17, 15) is 13.2 Å². The zero-order chi connectivity index (χ0) is 13.1. The van der Waals surface area contributed by atoms with E-state index >= 15 is 0 Å². The molecule has 5 heteroatoms. The van der Waals surface area contributed by atoms with E-state index in [1.807, 2.05) is 0 Å². The van der Waals surface area contributed by atoms with Crippen LogP contribution in [0.25, 0.3) is 0 Å². The van der Waals surface area contributed by atoms with Gasteiger partial charge in [0.2, 0.25) is 0 Å². The summed E-state index contributed by atoms with van der Waals surface area (Å²) in [6.07, 6.45) is 2.03. The zero-order valence-electron chi connectivity index (χ0n) is 10.3. The SMILES string of the molecule is CN1CCC(NCc2cc(F)c(F)c(F)c2)CC1. The van der Waals surface area contributed by atoms with Crippen LogP contribution in [0.1, 0.15) is 18.4 Å². The highest BCUT2D eigenvalue weighted by molar-refractivity contribution is 5.19. The lowest BCUT2D eigenvalue weighted by atomic mass is 10.1. The highest BCUT2D eigenvalue weighted by Crippen LogP contribution is 2.14. The van der Waals surface area contributed by atoms with Gasteiger partial charge in [-0.2, -0.15) is 0 Å². The van der Waals surface area contributed by atoms with Gasteiger partial charge in [-0.25, -0.2) is 13.2 Å². The minimum atomic E-state index is -1.40. The van der Waals surface area contributed by atoms with Gasteiger partial charge in [-0.15, -0.1) is 0 Å². The Hall–Kier alpha value is -1.07. The summed E-state index contributed by atoms with van der Waals surface area (Å²) in [6, 6.07) is 2.44. The van der Waals surface area contributed by atoms with Crippen LogP contribution in [0.15, 0.2) is 12.1 Å². The molecule has 1 heterocycles. The molecule has 0 atom stereocenters. The monoisotopic (exact) mass is 258 g/mol. The van der Waals surface area contributed by atoms with Gasteiger partial charge in [0.15, 0.2) is 17.5 Å². The molecule has 0 bridgehead atoms. The van der Waals surface area contributed by atoms with Crippen molar-refractivity contribution in [3.63, 3.8) is 0 Å². The van der Waals surface area contributed by atoms with Crippen molar-refractivity contribution < 1.29 is 13.2 Å². The lowest BCUT2D eigenvalue weighted by Crippen LogP contribution is -2.40. The number of rotatable bonds is 3. The fourth-order valence-corrected chi connectivity index (χ4v) is 2.18. The van der Waals surface area contributed by atoms with Crippen LogP contribution in [0.3, 0.4) is 0 Å². The summed E-state index contributed by atoms with van der Waals surface area (Å²) < 4.78 is 38.8. The molecule has 0 radical (unpaired) electrons. The van der Waals surface area contributed by atoms with Crippen molar-refractivity contribution in [1.82, 2.24) is 10.2 Å². The molecule has 1 aliphatic heterocycles. The van der Waals surface area contributed by atoms with E-state index in [-0.39, 0.29) is 0 Å². The maximum absolute atomic E-state index is 13.0. The predicted molar refractivity (Wildman–Crippen MR) is 63.7 cm³/mol. The van der Waals surface area contributed by atoms with Gasteiger partial charge < -0.3 is 10.2 Å². The van der Waals surface area contributed by atoms with Crippen molar-refractivity contribution in [1.29, 1.82) is 0 Å². The fourth-order valence-electron chi connectivity index (χ4n) is 2.18. The summed E-state index contributed by atoms with van der Waals surface area (Å²) in [7, 11) is 2.07. The van der Waals surface area contributed by atoms with Crippen LogP contribution in [-0.4, -0.2) is 31.1 Å².